The summed E-state index contributed by atoms with van der Waals surface area (Å²) < 4.78 is 47.8. The van der Waals surface area contributed by atoms with Crippen molar-refractivity contribution in [1.82, 2.24) is 29.3 Å². The molecular weight excluding hydrogens is 489 g/mol. The standard InChI is InChI=1S/C24H29F3N8O2/c1-32-20(36)17-14-30-35(18-4-2-3-11-37-18)19(17)31-22(32)33-8-5-23(6-9-33)7-10-34(15-23)21-28-12-16(13-29-21)24(25,26)27/h12-14,18H,2-11,15H2,1H3. The number of rotatable bonds is 3. The summed E-state index contributed by atoms with van der Waals surface area (Å²) in [5, 5.41) is 4.92. The zero-order chi connectivity index (χ0) is 25.8. The first kappa shape index (κ1) is 24.1. The lowest BCUT2D eigenvalue weighted by atomic mass is 9.78. The average Bonchev–Trinajstić information content (AvgIpc) is 3.52. The van der Waals surface area contributed by atoms with Gasteiger partial charge in [0.25, 0.3) is 5.56 Å². The number of hydrogen-bond donors (Lipinski definition) is 0. The van der Waals surface area contributed by atoms with Gasteiger partial charge >= 0.3 is 6.18 Å². The molecule has 3 aromatic rings. The highest BCUT2D eigenvalue weighted by atomic mass is 19.4. The Hall–Kier alpha value is -3.22. The Kier molecular flexibility index (Phi) is 5.85. The van der Waals surface area contributed by atoms with Gasteiger partial charge in [0.1, 0.15) is 5.39 Å². The summed E-state index contributed by atoms with van der Waals surface area (Å²) >= 11 is 0. The van der Waals surface area contributed by atoms with Crippen molar-refractivity contribution in [3.8, 4) is 0 Å². The minimum atomic E-state index is -4.45. The van der Waals surface area contributed by atoms with Crippen molar-refractivity contribution in [1.29, 1.82) is 0 Å². The Bertz CT molecular complexity index is 1340. The number of piperidine rings is 1. The van der Waals surface area contributed by atoms with E-state index in [2.05, 4.69) is 20.0 Å². The summed E-state index contributed by atoms with van der Waals surface area (Å²) in [5.74, 6) is 0.950. The van der Waals surface area contributed by atoms with E-state index < -0.39 is 11.7 Å². The van der Waals surface area contributed by atoms with Crippen LogP contribution >= 0.6 is 0 Å². The minimum Gasteiger partial charge on any atom is -0.356 e. The highest BCUT2D eigenvalue weighted by molar-refractivity contribution is 5.75. The molecule has 3 fully saturated rings. The SMILES string of the molecule is Cn1c(N2CCC3(CCN(c4ncc(C(F)(F)F)cn4)C3)CC2)nc2c(cnn2C2CCCCO2)c1=O. The number of alkyl halides is 3. The van der Waals surface area contributed by atoms with Gasteiger partial charge in [0, 0.05) is 52.2 Å². The molecule has 10 nitrogen and oxygen atoms in total. The molecule has 3 aliphatic heterocycles. The predicted octanol–water partition coefficient (Wildman–Crippen LogP) is 3.13. The number of ether oxygens (including phenoxy) is 1. The van der Waals surface area contributed by atoms with E-state index in [9.17, 15) is 18.0 Å². The third-order valence-electron chi connectivity index (χ3n) is 8.03. The highest BCUT2D eigenvalue weighted by Gasteiger charge is 2.42. The molecule has 13 heteroatoms. The molecule has 3 aromatic heterocycles. The Balaban J connectivity index is 1.18. The third kappa shape index (κ3) is 4.32. The van der Waals surface area contributed by atoms with Gasteiger partial charge in [-0.05, 0) is 43.9 Å². The molecule has 3 saturated heterocycles. The summed E-state index contributed by atoms with van der Waals surface area (Å²) in [6.45, 7) is 3.52. The maximum atomic E-state index is 13.1. The van der Waals surface area contributed by atoms with Crippen molar-refractivity contribution >= 4 is 22.9 Å². The molecule has 6 rings (SSSR count). The van der Waals surface area contributed by atoms with Gasteiger partial charge in [0.2, 0.25) is 11.9 Å². The molecular formula is C24H29F3N8O2. The third-order valence-corrected chi connectivity index (χ3v) is 8.03. The normalized spacial score (nSPS) is 22.3. The summed E-state index contributed by atoms with van der Waals surface area (Å²) in [6, 6.07) is 0. The largest absolute Gasteiger partial charge is 0.419 e. The lowest BCUT2D eigenvalue weighted by Crippen LogP contribution is -2.44. The van der Waals surface area contributed by atoms with Gasteiger partial charge < -0.3 is 14.5 Å². The van der Waals surface area contributed by atoms with Crippen molar-refractivity contribution < 1.29 is 17.9 Å². The Labute approximate surface area is 211 Å². The molecule has 3 aliphatic rings. The van der Waals surface area contributed by atoms with Gasteiger partial charge in [0.15, 0.2) is 11.9 Å². The number of halogens is 3. The molecule has 198 valence electrons. The van der Waals surface area contributed by atoms with Crippen LogP contribution < -0.4 is 15.4 Å². The van der Waals surface area contributed by atoms with Crippen molar-refractivity contribution in [2.75, 3.05) is 42.6 Å². The van der Waals surface area contributed by atoms with Crippen LogP contribution in [0.5, 0.6) is 0 Å². The molecule has 6 heterocycles. The smallest absolute Gasteiger partial charge is 0.356 e. The lowest BCUT2D eigenvalue weighted by molar-refractivity contribution is -0.138. The monoisotopic (exact) mass is 518 g/mol. The zero-order valence-corrected chi connectivity index (χ0v) is 20.6. The number of nitrogens with zero attached hydrogens (tertiary/aromatic N) is 8. The predicted molar refractivity (Wildman–Crippen MR) is 129 cm³/mol. The number of fused-ring (bicyclic) bond motifs is 1. The average molecular weight is 519 g/mol. The van der Waals surface area contributed by atoms with E-state index in [-0.39, 0.29) is 17.2 Å². The molecule has 0 amide bonds. The van der Waals surface area contributed by atoms with Crippen molar-refractivity contribution in [2.45, 2.75) is 50.9 Å². The first-order valence-electron chi connectivity index (χ1n) is 12.7. The number of anilines is 2. The quantitative estimate of drug-likeness (QED) is 0.522. The second kappa shape index (κ2) is 8.96. The van der Waals surface area contributed by atoms with Crippen LogP contribution in [0.15, 0.2) is 23.4 Å². The van der Waals surface area contributed by atoms with Crippen LogP contribution in [0.3, 0.4) is 0 Å². The molecule has 1 atom stereocenters. The maximum Gasteiger partial charge on any atom is 0.419 e. The van der Waals surface area contributed by atoms with Crippen LogP contribution in [0.4, 0.5) is 25.1 Å². The van der Waals surface area contributed by atoms with Crippen molar-refractivity contribution in [3.63, 3.8) is 0 Å². The van der Waals surface area contributed by atoms with E-state index in [0.717, 1.165) is 64.0 Å². The Morgan fingerprint density at radius 3 is 2.38 bits per heavy atom. The fourth-order valence-corrected chi connectivity index (χ4v) is 5.80. The summed E-state index contributed by atoms with van der Waals surface area (Å²) in [7, 11) is 1.74. The van der Waals surface area contributed by atoms with Gasteiger partial charge in [-0.25, -0.2) is 14.6 Å². The summed E-state index contributed by atoms with van der Waals surface area (Å²) in [4.78, 5) is 30.1. The van der Waals surface area contributed by atoms with E-state index in [0.29, 0.717) is 42.6 Å². The van der Waals surface area contributed by atoms with Crippen LogP contribution in [-0.2, 0) is 18.0 Å². The van der Waals surface area contributed by atoms with Gasteiger partial charge in [-0.3, -0.25) is 9.36 Å². The molecule has 1 unspecified atom stereocenters. The second-order valence-corrected chi connectivity index (χ2v) is 10.4. The fourth-order valence-electron chi connectivity index (χ4n) is 5.80. The van der Waals surface area contributed by atoms with Gasteiger partial charge in [-0.2, -0.15) is 23.3 Å². The fraction of sp³-hybridized carbons (Fsp3) is 0.625. The van der Waals surface area contributed by atoms with Gasteiger partial charge in [-0.1, -0.05) is 0 Å². The minimum absolute atomic E-state index is 0.0310. The second-order valence-electron chi connectivity index (χ2n) is 10.4. The van der Waals surface area contributed by atoms with Crippen molar-refractivity contribution in [2.24, 2.45) is 12.5 Å². The molecule has 0 radical (unpaired) electrons. The first-order chi connectivity index (χ1) is 17.7. The molecule has 37 heavy (non-hydrogen) atoms. The number of hydrogen-bond acceptors (Lipinski definition) is 8. The van der Waals surface area contributed by atoms with Crippen molar-refractivity contribution in [3.05, 3.63) is 34.5 Å². The Morgan fingerprint density at radius 2 is 1.73 bits per heavy atom. The molecule has 0 aromatic carbocycles. The molecule has 1 spiro atoms. The van der Waals surface area contributed by atoms with E-state index >= 15 is 0 Å². The van der Waals surface area contributed by atoms with Gasteiger partial charge in [-0.15, -0.1) is 0 Å². The molecule has 0 saturated carbocycles. The summed E-state index contributed by atoms with van der Waals surface area (Å²) in [6.07, 6.45) is 4.20. The van der Waals surface area contributed by atoms with E-state index in [1.807, 2.05) is 4.90 Å². The van der Waals surface area contributed by atoms with Crippen LogP contribution in [0, 0.1) is 5.41 Å². The van der Waals surface area contributed by atoms with Crippen LogP contribution in [0.2, 0.25) is 0 Å². The summed E-state index contributed by atoms with van der Waals surface area (Å²) in [5.41, 5.74) is -0.390. The first-order valence-corrected chi connectivity index (χ1v) is 12.7. The van der Waals surface area contributed by atoms with Crippen LogP contribution in [0.1, 0.15) is 50.3 Å². The van der Waals surface area contributed by atoms with E-state index in [1.54, 1.807) is 22.5 Å². The Morgan fingerprint density at radius 1 is 1.03 bits per heavy atom. The van der Waals surface area contributed by atoms with E-state index in [1.165, 1.54) is 0 Å². The lowest BCUT2D eigenvalue weighted by Gasteiger charge is -2.40. The molecule has 0 aliphatic carbocycles. The van der Waals surface area contributed by atoms with Crippen LogP contribution in [-0.4, -0.2) is 62.1 Å². The molecule has 0 bridgehead atoms. The number of aromatic nitrogens is 6. The zero-order valence-electron chi connectivity index (χ0n) is 20.6. The maximum absolute atomic E-state index is 13.1. The van der Waals surface area contributed by atoms with Crippen LogP contribution in [0.25, 0.3) is 11.0 Å². The van der Waals surface area contributed by atoms with Gasteiger partial charge in [0.05, 0.1) is 11.8 Å². The highest BCUT2D eigenvalue weighted by Crippen LogP contribution is 2.42. The van der Waals surface area contributed by atoms with E-state index in [4.69, 9.17) is 9.72 Å². The topological polar surface area (TPSA) is 94.2 Å². The molecule has 0 N–H and O–H groups in total.